The van der Waals surface area contributed by atoms with E-state index in [1.165, 1.54) is 0 Å². The minimum Gasteiger partial charge on any atom is -0.370 e. The predicted octanol–water partition coefficient (Wildman–Crippen LogP) is 2.62. The monoisotopic (exact) mass is 366 g/mol. The first-order valence-electron chi connectivity index (χ1n) is 6.04. The van der Waals surface area contributed by atoms with Crippen molar-refractivity contribution in [3.05, 3.63) is 17.5 Å². The molecule has 1 unspecified atom stereocenters. The summed E-state index contributed by atoms with van der Waals surface area (Å²) in [5, 5.41) is 7.06. The molecule has 0 spiro atoms. The third-order valence-electron chi connectivity index (χ3n) is 2.58. The third-order valence-corrected chi connectivity index (χ3v) is 2.58. The van der Waals surface area contributed by atoms with Crippen molar-refractivity contribution in [2.75, 3.05) is 0 Å². The van der Waals surface area contributed by atoms with Crippen LogP contribution in [0.15, 0.2) is 15.6 Å². The van der Waals surface area contributed by atoms with Gasteiger partial charge in [0, 0.05) is 12.1 Å². The van der Waals surface area contributed by atoms with Crippen molar-refractivity contribution in [3.63, 3.8) is 0 Å². The molecule has 1 rings (SSSR count). The van der Waals surface area contributed by atoms with Gasteiger partial charge in [-0.25, -0.2) is 4.99 Å². The molecule has 6 heteroatoms. The average Bonchev–Trinajstić information content (AvgIpc) is 2.75. The van der Waals surface area contributed by atoms with Crippen LogP contribution in [0.4, 0.5) is 0 Å². The van der Waals surface area contributed by atoms with Crippen LogP contribution in [0.1, 0.15) is 51.5 Å². The molecule has 0 amide bonds. The van der Waals surface area contributed by atoms with Crippen LogP contribution in [-0.4, -0.2) is 17.2 Å². The molecule has 5 nitrogen and oxygen atoms in total. The molecule has 0 aliphatic heterocycles. The van der Waals surface area contributed by atoms with Crippen LogP contribution in [0.25, 0.3) is 0 Å². The number of nitrogens with zero attached hydrogens (tertiary/aromatic N) is 2. The van der Waals surface area contributed by atoms with Crippen molar-refractivity contribution in [3.8, 4) is 0 Å². The fraction of sp³-hybridized carbons (Fsp3) is 0.667. The maximum absolute atomic E-state index is 5.74. The predicted molar refractivity (Wildman–Crippen MR) is 84.2 cm³/mol. The topological polar surface area (TPSA) is 76.4 Å². The van der Waals surface area contributed by atoms with E-state index in [1.54, 1.807) is 0 Å². The Balaban J connectivity index is 0.00000289. The minimum absolute atomic E-state index is 0. The maximum Gasteiger partial charge on any atom is 0.189 e. The number of nitrogens with two attached hydrogens (primary N) is 1. The quantitative estimate of drug-likeness (QED) is 0.477. The number of guanidine groups is 1. The summed E-state index contributed by atoms with van der Waals surface area (Å²) in [5.74, 6) is 1.55. The van der Waals surface area contributed by atoms with Gasteiger partial charge in [0.1, 0.15) is 6.54 Å². The highest BCUT2D eigenvalue weighted by Crippen LogP contribution is 2.14. The van der Waals surface area contributed by atoms with E-state index >= 15 is 0 Å². The molecule has 0 saturated heterocycles. The first-order chi connectivity index (χ1) is 8.02. The largest absolute Gasteiger partial charge is 0.370 e. The summed E-state index contributed by atoms with van der Waals surface area (Å²) in [5.41, 5.74) is 6.69. The maximum atomic E-state index is 5.74. The summed E-state index contributed by atoms with van der Waals surface area (Å²) >= 11 is 0. The van der Waals surface area contributed by atoms with E-state index in [-0.39, 0.29) is 24.0 Å². The molecule has 104 valence electrons. The fourth-order valence-corrected chi connectivity index (χ4v) is 1.24. The lowest BCUT2D eigenvalue weighted by molar-refractivity contribution is 0.376. The lowest BCUT2D eigenvalue weighted by Crippen LogP contribution is -2.38. The van der Waals surface area contributed by atoms with Crippen molar-refractivity contribution in [2.45, 2.75) is 52.6 Å². The zero-order chi connectivity index (χ0) is 12.8. The number of aliphatic imine (C=N–C) groups is 1. The van der Waals surface area contributed by atoms with Crippen LogP contribution in [0, 0.1) is 0 Å². The number of nitrogens with one attached hydrogen (secondary N) is 1. The number of aromatic nitrogens is 1. The van der Waals surface area contributed by atoms with Gasteiger partial charge in [0.25, 0.3) is 0 Å². The van der Waals surface area contributed by atoms with Gasteiger partial charge in [-0.05, 0) is 19.3 Å². The van der Waals surface area contributed by atoms with E-state index < -0.39 is 0 Å². The molecular weight excluding hydrogens is 343 g/mol. The molecule has 0 bridgehead atoms. The summed E-state index contributed by atoms with van der Waals surface area (Å²) in [4.78, 5) is 4.20. The van der Waals surface area contributed by atoms with Crippen molar-refractivity contribution in [1.82, 2.24) is 10.5 Å². The molecule has 0 fully saturated rings. The third kappa shape index (κ3) is 5.70. The Hall–Kier alpha value is -0.790. The molecule has 1 aromatic heterocycles. The second-order valence-corrected chi connectivity index (χ2v) is 4.53. The molecule has 18 heavy (non-hydrogen) atoms. The van der Waals surface area contributed by atoms with Gasteiger partial charge in [0.2, 0.25) is 0 Å². The Morgan fingerprint density at radius 2 is 2.17 bits per heavy atom. The Kier molecular flexibility index (Phi) is 7.97. The Bertz CT molecular complexity index is 376. The number of hydrogen-bond donors (Lipinski definition) is 2. The standard InChI is InChI=1S/C12H22N4O.HI/c1-5-9(4)15-12(13)14-7-10-6-11(8(2)3)16-17-10;/h6,8-9H,5,7H2,1-4H3,(H3,13,14,15);1H. The summed E-state index contributed by atoms with van der Waals surface area (Å²) in [7, 11) is 0. The molecule has 1 atom stereocenters. The molecule has 0 aliphatic rings. The van der Waals surface area contributed by atoms with E-state index in [9.17, 15) is 0 Å². The Morgan fingerprint density at radius 3 is 2.67 bits per heavy atom. The van der Waals surface area contributed by atoms with Crippen molar-refractivity contribution >= 4 is 29.9 Å². The molecule has 0 aromatic carbocycles. The molecule has 1 aromatic rings. The molecule has 3 N–H and O–H groups in total. The summed E-state index contributed by atoms with van der Waals surface area (Å²) < 4.78 is 5.17. The molecular formula is C12H23IN4O. The van der Waals surface area contributed by atoms with Crippen LogP contribution in [0.3, 0.4) is 0 Å². The minimum atomic E-state index is 0. The highest BCUT2D eigenvalue weighted by Gasteiger charge is 2.07. The van der Waals surface area contributed by atoms with E-state index in [0.717, 1.165) is 17.9 Å². The lowest BCUT2D eigenvalue weighted by atomic mass is 10.1. The zero-order valence-electron chi connectivity index (χ0n) is 11.4. The van der Waals surface area contributed by atoms with Crippen LogP contribution in [0.2, 0.25) is 0 Å². The Morgan fingerprint density at radius 1 is 1.50 bits per heavy atom. The Labute approximate surface area is 126 Å². The molecule has 0 radical (unpaired) electrons. The second kappa shape index (κ2) is 8.34. The van der Waals surface area contributed by atoms with Crippen molar-refractivity contribution in [1.29, 1.82) is 0 Å². The lowest BCUT2D eigenvalue weighted by Gasteiger charge is -2.11. The molecule has 0 saturated carbocycles. The van der Waals surface area contributed by atoms with Gasteiger partial charge in [0.05, 0.1) is 5.69 Å². The van der Waals surface area contributed by atoms with Gasteiger partial charge < -0.3 is 15.6 Å². The molecule has 1 heterocycles. The van der Waals surface area contributed by atoms with Crippen LogP contribution in [0.5, 0.6) is 0 Å². The average molecular weight is 366 g/mol. The summed E-state index contributed by atoms with van der Waals surface area (Å²) in [6.45, 7) is 8.73. The van der Waals surface area contributed by atoms with E-state index in [1.807, 2.05) is 6.07 Å². The van der Waals surface area contributed by atoms with Gasteiger partial charge in [-0.2, -0.15) is 0 Å². The second-order valence-electron chi connectivity index (χ2n) is 4.53. The first kappa shape index (κ1) is 17.2. The zero-order valence-corrected chi connectivity index (χ0v) is 13.8. The van der Waals surface area contributed by atoms with Crippen LogP contribution in [-0.2, 0) is 6.54 Å². The van der Waals surface area contributed by atoms with Crippen LogP contribution < -0.4 is 11.1 Å². The summed E-state index contributed by atoms with van der Waals surface area (Å²) in [6.07, 6.45) is 1.01. The van der Waals surface area contributed by atoms with E-state index in [2.05, 4.69) is 43.2 Å². The van der Waals surface area contributed by atoms with Gasteiger partial charge in [0.15, 0.2) is 11.7 Å². The van der Waals surface area contributed by atoms with Gasteiger partial charge >= 0.3 is 0 Å². The van der Waals surface area contributed by atoms with Gasteiger partial charge in [-0.3, -0.25) is 0 Å². The number of halogens is 1. The number of hydrogen-bond acceptors (Lipinski definition) is 3. The first-order valence-corrected chi connectivity index (χ1v) is 6.04. The highest BCUT2D eigenvalue weighted by molar-refractivity contribution is 14.0. The van der Waals surface area contributed by atoms with Crippen molar-refractivity contribution in [2.24, 2.45) is 10.7 Å². The molecule has 0 aliphatic carbocycles. The van der Waals surface area contributed by atoms with Crippen molar-refractivity contribution < 1.29 is 4.52 Å². The van der Waals surface area contributed by atoms with Gasteiger partial charge in [-0.15, -0.1) is 24.0 Å². The highest BCUT2D eigenvalue weighted by atomic mass is 127. The SMILES string of the molecule is CCC(C)NC(N)=NCc1cc(C(C)C)no1.I. The smallest absolute Gasteiger partial charge is 0.189 e. The van der Waals surface area contributed by atoms with Gasteiger partial charge in [-0.1, -0.05) is 25.9 Å². The normalized spacial score (nSPS) is 13.3. The summed E-state index contributed by atoms with van der Waals surface area (Å²) in [6, 6.07) is 2.25. The fourth-order valence-electron chi connectivity index (χ4n) is 1.24. The van der Waals surface area contributed by atoms with E-state index in [0.29, 0.717) is 24.5 Å². The van der Waals surface area contributed by atoms with E-state index in [4.69, 9.17) is 10.3 Å². The van der Waals surface area contributed by atoms with Crippen LogP contribution >= 0.6 is 24.0 Å². The number of rotatable bonds is 5.